The molecule has 0 aliphatic heterocycles. The first-order valence-corrected chi connectivity index (χ1v) is 6.48. The van der Waals surface area contributed by atoms with Gasteiger partial charge in [0.15, 0.2) is 0 Å². The van der Waals surface area contributed by atoms with Crippen molar-refractivity contribution < 1.29 is 4.74 Å². The van der Waals surface area contributed by atoms with Gasteiger partial charge in [0.1, 0.15) is 0 Å². The number of pyridine rings is 1. The molecule has 0 aliphatic rings. The van der Waals surface area contributed by atoms with Gasteiger partial charge in [0.25, 0.3) is 0 Å². The van der Waals surface area contributed by atoms with E-state index < -0.39 is 0 Å². The summed E-state index contributed by atoms with van der Waals surface area (Å²) in [4.78, 5) is 4.48. The van der Waals surface area contributed by atoms with Crippen molar-refractivity contribution in [1.82, 2.24) is 20.5 Å². The summed E-state index contributed by atoms with van der Waals surface area (Å²) in [5.41, 5.74) is 4.16. The van der Waals surface area contributed by atoms with E-state index in [1.54, 1.807) is 0 Å². The number of H-pyrrole nitrogens is 1. The van der Waals surface area contributed by atoms with Crippen molar-refractivity contribution in [3.05, 3.63) is 34.6 Å². The fourth-order valence-electron chi connectivity index (χ4n) is 1.92. The summed E-state index contributed by atoms with van der Waals surface area (Å²) in [6, 6.07) is 3.92. The number of nitrogens with one attached hydrogen (secondary N) is 2. The van der Waals surface area contributed by atoms with Gasteiger partial charge in [-0.15, -0.1) is 5.10 Å². The molecule has 0 saturated carbocycles. The average molecular weight is 260 g/mol. The Morgan fingerprint density at radius 3 is 2.68 bits per heavy atom. The zero-order valence-electron chi connectivity index (χ0n) is 11.9. The molecule has 2 aromatic heterocycles. The zero-order chi connectivity index (χ0) is 13.8. The second-order valence-corrected chi connectivity index (χ2v) is 4.64. The number of hydrogen-bond donors (Lipinski definition) is 2. The maximum Gasteiger partial charge on any atom is 0.240 e. The third-order valence-corrected chi connectivity index (χ3v) is 2.87. The molecule has 0 unspecified atom stereocenters. The lowest BCUT2D eigenvalue weighted by atomic mass is 10.1. The van der Waals surface area contributed by atoms with Crippen LogP contribution >= 0.6 is 0 Å². The Bertz CT molecular complexity index is 563. The molecular formula is C14H20N4O. The van der Waals surface area contributed by atoms with E-state index in [1.165, 1.54) is 5.56 Å². The highest BCUT2D eigenvalue weighted by Crippen LogP contribution is 2.25. The van der Waals surface area contributed by atoms with Gasteiger partial charge in [-0.2, -0.15) is 0 Å². The smallest absolute Gasteiger partial charge is 0.240 e. The molecule has 0 radical (unpaired) electrons. The molecule has 0 atom stereocenters. The van der Waals surface area contributed by atoms with E-state index in [1.807, 2.05) is 19.9 Å². The van der Waals surface area contributed by atoms with Gasteiger partial charge >= 0.3 is 0 Å². The van der Waals surface area contributed by atoms with Crippen LogP contribution in [0.3, 0.4) is 0 Å². The van der Waals surface area contributed by atoms with E-state index in [0.29, 0.717) is 11.8 Å². The van der Waals surface area contributed by atoms with E-state index in [0.717, 1.165) is 30.0 Å². The minimum absolute atomic E-state index is 0.549. The molecule has 0 bridgehead atoms. The Labute approximate surface area is 113 Å². The van der Waals surface area contributed by atoms with Gasteiger partial charge in [-0.3, -0.25) is 5.10 Å². The number of hydrogen-bond acceptors (Lipinski definition) is 4. The van der Waals surface area contributed by atoms with E-state index in [2.05, 4.69) is 40.4 Å². The van der Waals surface area contributed by atoms with Crippen LogP contribution in [0, 0.1) is 20.8 Å². The largest absolute Gasteiger partial charge is 0.419 e. The van der Waals surface area contributed by atoms with Crippen LogP contribution in [0.4, 0.5) is 0 Å². The Morgan fingerprint density at radius 2 is 2.05 bits per heavy atom. The zero-order valence-corrected chi connectivity index (χ0v) is 11.9. The molecule has 0 spiro atoms. The summed E-state index contributed by atoms with van der Waals surface area (Å²) >= 11 is 0. The van der Waals surface area contributed by atoms with Gasteiger partial charge in [-0.1, -0.05) is 6.92 Å². The third-order valence-electron chi connectivity index (χ3n) is 2.87. The number of aromatic nitrogens is 3. The summed E-state index contributed by atoms with van der Waals surface area (Å²) < 4.78 is 5.80. The van der Waals surface area contributed by atoms with Crippen LogP contribution in [-0.2, 0) is 6.54 Å². The van der Waals surface area contributed by atoms with Crippen LogP contribution in [0.5, 0.6) is 11.8 Å². The van der Waals surface area contributed by atoms with Crippen molar-refractivity contribution in [2.24, 2.45) is 0 Å². The minimum Gasteiger partial charge on any atom is -0.419 e. The number of aryl methyl sites for hydroxylation is 3. The highest BCUT2D eigenvalue weighted by molar-refractivity contribution is 5.37. The summed E-state index contributed by atoms with van der Waals surface area (Å²) in [5, 5.41) is 10.3. The van der Waals surface area contributed by atoms with E-state index in [-0.39, 0.29) is 0 Å². The molecule has 0 fully saturated rings. The molecular weight excluding hydrogens is 240 g/mol. The van der Waals surface area contributed by atoms with Crippen LogP contribution in [-0.4, -0.2) is 21.7 Å². The van der Waals surface area contributed by atoms with Gasteiger partial charge in [0.05, 0.1) is 0 Å². The minimum atomic E-state index is 0.549. The lowest BCUT2D eigenvalue weighted by Crippen LogP contribution is -2.14. The first-order chi connectivity index (χ1) is 9.10. The van der Waals surface area contributed by atoms with Crippen LogP contribution in [0.25, 0.3) is 0 Å². The summed E-state index contributed by atoms with van der Waals surface area (Å²) in [6.07, 6.45) is 0. The molecule has 5 nitrogen and oxygen atoms in total. The number of nitrogens with zero attached hydrogens (tertiary/aromatic N) is 2. The monoisotopic (exact) mass is 260 g/mol. The van der Waals surface area contributed by atoms with Gasteiger partial charge in [0.2, 0.25) is 11.8 Å². The SMILES string of the molecule is CCNCc1c(C)cc(C)nc1Oc1cc(C)[nH]n1. The van der Waals surface area contributed by atoms with Crippen LogP contribution < -0.4 is 10.1 Å². The number of rotatable bonds is 5. The molecule has 0 aromatic carbocycles. The molecule has 2 aromatic rings. The fraction of sp³-hybridized carbons (Fsp3) is 0.429. The predicted octanol–water partition coefficient (Wildman–Crippen LogP) is 2.63. The first-order valence-electron chi connectivity index (χ1n) is 6.48. The molecule has 5 heteroatoms. The van der Waals surface area contributed by atoms with E-state index >= 15 is 0 Å². The van der Waals surface area contributed by atoms with E-state index in [9.17, 15) is 0 Å². The molecule has 0 amide bonds. The molecule has 102 valence electrons. The molecule has 2 N–H and O–H groups in total. The van der Waals surface area contributed by atoms with Crippen LogP contribution in [0.2, 0.25) is 0 Å². The highest BCUT2D eigenvalue weighted by Gasteiger charge is 2.12. The second-order valence-electron chi connectivity index (χ2n) is 4.64. The summed E-state index contributed by atoms with van der Waals surface area (Å²) in [6.45, 7) is 9.71. The number of ether oxygens (including phenoxy) is 1. The Balaban J connectivity index is 2.31. The summed E-state index contributed by atoms with van der Waals surface area (Å²) in [5.74, 6) is 1.18. The van der Waals surface area contributed by atoms with Crippen molar-refractivity contribution in [3.8, 4) is 11.8 Å². The van der Waals surface area contributed by atoms with Crippen LogP contribution in [0.1, 0.15) is 29.4 Å². The average Bonchev–Trinajstić information content (AvgIpc) is 2.73. The van der Waals surface area contributed by atoms with Gasteiger partial charge < -0.3 is 10.1 Å². The highest BCUT2D eigenvalue weighted by atomic mass is 16.5. The second kappa shape index (κ2) is 5.84. The van der Waals surface area contributed by atoms with Crippen molar-refractivity contribution in [2.75, 3.05) is 6.54 Å². The first kappa shape index (κ1) is 13.5. The van der Waals surface area contributed by atoms with Crippen LogP contribution in [0.15, 0.2) is 12.1 Å². The summed E-state index contributed by atoms with van der Waals surface area (Å²) in [7, 11) is 0. The van der Waals surface area contributed by atoms with E-state index in [4.69, 9.17) is 4.74 Å². The lowest BCUT2D eigenvalue weighted by Gasteiger charge is -2.12. The molecule has 19 heavy (non-hydrogen) atoms. The Kier molecular flexibility index (Phi) is 4.16. The van der Waals surface area contributed by atoms with Gasteiger partial charge in [-0.25, -0.2) is 4.98 Å². The quantitative estimate of drug-likeness (QED) is 0.867. The maximum absolute atomic E-state index is 5.80. The topological polar surface area (TPSA) is 62.8 Å². The number of aromatic amines is 1. The molecule has 2 heterocycles. The van der Waals surface area contributed by atoms with Crippen molar-refractivity contribution >= 4 is 0 Å². The van der Waals surface area contributed by atoms with Crippen molar-refractivity contribution in [3.63, 3.8) is 0 Å². The van der Waals surface area contributed by atoms with Gasteiger partial charge in [-0.05, 0) is 38.9 Å². The van der Waals surface area contributed by atoms with Crippen molar-refractivity contribution in [1.29, 1.82) is 0 Å². The standard InChI is InChI=1S/C14H20N4O/c1-5-15-8-12-9(2)6-10(3)16-14(12)19-13-7-11(4)17-18-13/h6-7,15H,5,8H2,1-4H3,(H,17,18). The van der Waals surface area contributed by atoms with Gasteiger partial charge in [0, 0.05) is 29.6 Å². The predicted molar refractivity (Wildman–Crippen MR) is 74.5 cm³/mol. The maximum atomic E-state index is 5.80. The molecule has 0 saturated heterocycles. The molecule has 2 rings (SSSR count). The normalized spacial score (nSPS) is 10.7. The van der Waals surface area contributed by atoms with Crippen molar-refractivity contribution in [2.45, 2.75) is 34.2 Å². The lowest BCUT2D eigenvalue weighted by molar-refractivity contribution is 0.433. The molecule has 0 aliphatic carbocycles. The Morgan fingerprint density at radius 1 is 1.26 bits per heavy atom. The Hall–Kier alpha value is -1.88. The fourth-order valence-corrected chi connectivity index (χ4v) is 1.92. The third kappa shape index (κ3) is 3.32.